The Morgan fingerprint density at radius 2 is 2.10 bits per heavy atom. The second-order valence-corrected chi connectivity index (χ2v) is 3.49. The van der Waals surface area contributed by atoms with Gasteiger partial charge < -0.3 is 15.3 Å². The average Bonchev–Trinajstić information content (AvgIpc) is 2.43. The van der Waals surface area contributed by atoms with Crippen molar-refractivity contribution in [2.45, 2.75) is 13.1 Å². The standard InChI is InChI=1S/C11H10F3N3O4/c1-2-20-10(19)8(15)17-21-9(18)6-5-16-4-3-7(6)11(12,13)14/h3-5H,2H2,1H3,(H2,15,17). The van der Waals surface area contributed by atoms with E-state index in [1.807, 2.05) is 0 Å². The molecule has 114 valence electrons. The summed E-state index contributed by atoms with van der Waals surface area (Å²) in [7, 11) is 0. The summed E-state index contributed by atoms with van der Waals surface area (Å²) in [6.07, 6.45) is -3.23. The van der Waals surface area contributed by atoms with Gasteiger partial charge in [0.2, 0.25) is 5.84 Å². The maximum atomic E-state index is 12.7. The highest BCUT2D eigenvalue weighted by Crippen LogP contribution is 2.31. The van der Waals surface area contributed by atoms with Gasteiger partial charge in [0, 0.05) is 12.4 Å². The normalized spacial score (nSPS) is 11.9. The SMILES string of the molecule is CCOC(=O)/C(N)=N/OC(=O)c1cnccc1C(F)(F)F. The number of aromatic nitrogens is 1. The number of carbonyl (C=O) groups excluding carboxylic acids is 2. The fourth-order valence-corrected chi connectivity index (χ4v) is 1.19. The largest absolute Gasteiger partial charge is 0.460 e. The van der Waals surface area contributed by atoms with Crippen LogP contribution in [0.1, 0.15) is 22.8 Å². The molecule has 0 atom stereocenters. The van der Waals surface area contributed by atoms with E-state index in [0.29, 0.717) is 12.3 Å². The molecule has 0 saturated carbocycles. The molecule has 0 fully saturated rings. The highest BCUT2D eigenvalue weighted by Gasteiger charge is 2.36. The minimum absolute atomic E-state index is 0.00380. The number of halogens is 3. The van der Waals surface area contributed by atoms with E-state index in [-0.39, 0.29) is 6.61 Å². The highest BCUT2D eigenvalue weighted by molar-refractivity contribution is 6.34. The molecule has 0 amide bonds. The number of oxime groups is 1. The van der Waals surface area contributed by atoms with Crippen LogP contribution in [-0.2, 0) is 20.5 Å². The van der Waals surface area contributed by atoms with Crippen molar-refractivity contribution >= 4 is 17.8 Å². The number of esters is 1. The topological polar surface area (TPSA) is 104 Å². The number of ether oxygens (including phenoxy) is 1. The van der Waals surface area contributed by atoms with Crippen LogP contribution in [0.15, 0.2) is 23.6 Å². The van der Waals surface area contributed by atoms with E-state index in [2.05, 4.69) is 19.7 Å². The Morgan fingerprint density at radius 1 is 1.43 bits per heavy atom. The summed E-state index contributed by atoms with van der Waals surface area (Å²) >= 11 is 0. The Labute approximate surface area is 116 Å². The Morgan fingerprint density at radius 3 is 2.67 bits per heavy atom. The van der Waals surface area contributed by atoms with Gasteiger partial charge in [-0.05, 0) is 18.1 Å². The van der Waals surface area contributed by atoms with Gasteiger partial charge in [-0.3, -0.25) is 4.98 Å². The number of carbonyl (C=O) groups is 2. The molecule has 0 aliphatic heterocycles. The zero-order valence-corrected chi connectivity index (χ0v) is 10.7. The molecule has 0 unspecified atom stereocenters. The summed E-state index contributed by atoms with van der Waals surface area (Å²) in [5, 5.41) is 2.92. The number of pyridine rings is 1. The van der Waals surface area contributed by atoms with Crippen molar-refractivity contribution in [1.29, 1.82) is 0 Å². The third-order valence-electron chi connectivity index (χ3n) is 2.06. The molecular formula is C11H10F3N3O4. The maximum absolute atomic E-state index is 12.7. The summed E-state index contributed by atoms with van der Waals surface area (Å²) in [6, 6.07) is 0.606. The fourth-order valence-electron chi connectivity index (χ4n) is 1.19. The molecule has 0 aliphatic rings. The predicted molar refractivity (Wildman–Crippen MR) is 62.9 cm³/mol. The average molecular weight is 305 g/mol. The van der Waals surface area contributed by atoms with E-state index in [4.69, 9.17) is 5.73 Å². The first-order valence-electron chi connectivity index (χ1n) is 5.50. The zero-order valence-electron chi connectivity index (χ0n) is 10.7. The van der Waals surface area contributed by atoms with Gasteiger partial charge in [-0.15, -0.1) is 0 Å². The van der Waals surface area contributed by atoms with Crippen LogP contribution in [0.5, 0.6) is 0 Å². The summed E-state index contributed by atoms with van der Waals surface area (Å²) < 4.78 is 42.4. The first kappa shape index (κ1) is 16.4. The number of nitrogens with zero attached hydrogens (tertiary/aromatic N) is 2. The summed E-state index contributed by atoms with van der Waals surface area (Å²) in [5.74, 6) is -3.32. The van der Waals surface area contributed by atoms with E-state index in [1.165, 1.54) is 6.92 Å². The molecule has 1 rings (SSSR count). The monoisotopic (exact) mass is 305 g/mol. The lowest BCUT2D eigenvalue weighted by molar-refractivity contribution is -0.138. The van der Waals surface area contributed by atoms with Crippen LogP contribution in [-0.4, -0.2) is 29.4 Å². The van der Waals surface area contributed by atoms with Gasteiger partial charge in [0.05, 0.1) is 17.7 Å². The molecule has 2 N–H and O–H groups in total. The lowest BCUT2D eigenvalue weighted by Gasteiger charge is -2.09. The van der Waals surface area contributed by atoms with Crippen molar-refractivity contribution in [1.82, 2.24) is 4.98 Å². The second-order valence-electron chi connectivity index (χ2n) is 3.49. The Balaban J connectivity index is 2.91. The lowest BCUT2D eigenvalue weighted by Crippen LogP contribution is -2.27. The number of amidine groups is 1. The van der Waals surface area contributed by atoms with E-state index >= 15 is 0 Å². The third-order valence-corrected chi connectivity index (χ3v) is 2.06. The lowest BCUT2D eigenvalue weighted by atomic mass is 10.1. The van der Waals surface area contributed by atoms with Crippen molar-refractivity contribution in [2.75, 3.05) is 6.61 Å². The van der Waals surface area contributed by atoms with Crippen molar-refractivity contribution in [2.24, 2.45) is 10.9 Å². The summed E-state index contributed by atoms with van der Waals surface area (Å²) in [4.78, 5) is 30.2. The number of rotatable bonds is 3. The van der Waals surface area contributed by atoms with Crippen LogP contribution >= 0.6 is 0 Å². The third kappa shape index (κ3) is 4.44. The van der Waals surface area contributed by atoms with Crippen LogP contribution in [0.3, 0.4) is 0 Å². The molecule has 1 heterocycles. The van der Waals surface area contributed by atoms with Gasteiger partial charge in [-0.2, -0.15) is 13.2 Å². The van der Waals surface area contributed by atoms with Gasteiger partial charge in [-0.25, -0.2) is 9.59 Å². The molecule has 1 aromatic rings. The Kier molecular flexibility index (Phi) is 5.22. The fraction of sp³-hybridized carbons (Fsp3) is 0.273. The van der Waals surface area contributed by atoms with Gasteiger partial charge >= 0.3 is 18.1 Å². The van der Waals surface area contributed by atoms with Crippen LogP contribution < -0.4 is 5.73 Å². The number of alkyl halides is 3. The predicted octanol–water partition coefficient (Wildman–Crippen LogP) is 1.09. The van der Waals surface area contributed by atoms with Crippen LogP contribution in [0.25, 0.3) is 0 Å². The summed E-state index contributed by atoms with van der Waals surface area (Å²) in [5.41, 5.74) is 3.01. The molecule has 0 radical (unpaired) electrons. The highest BCUT2D eigenvalue weighted by atomic mass is 19.4. The van der Waals surface area contributed by atoms with E-state index in [1.54, 1.807) is 0 Å². The van der Waals surface area contributed by atoms with Crippen molar-refractivity contribution < 1.29 is 32.3 Å². The molecular weight excluding hydrogens is 295 g/mol. The number of hydrogen-bond donors (Lipinski definition) is 1. The van der Waals surface area contributed by atoms with E-state index in [9.17, 15) is 22.8 Å². The Bertz CT molecular complexity index is 572. The number of hydrogen-bond acceptors (Lipinski definition) is 6. The van der Waals surface area contributed by atoms with Gasteiger partial charge in [-0.1, -0.05) is 0 Å². The molecule has 1 aromatic heterocycles. The minimum atomic E-state index is -4.77. The van der Waals surface area contributed by atoms with Crippen molar-refractivity contribution in [3.8, 4) is 0 Å². The first-order chi connectivity index (χ1) is 9.77. The second kappa shape index (κ2) is 6.68. The first-order valence-corrected chi connectivity index (χ1v) is 5.50. The van der Waals surface area contributed by atoms with Crippen LogP contribution in [0.2, 0.25) is 0 Å². The van der Waals surface area contributed by atoms with Gasteiger partial charge in [0.25, 0.3) is 0 Å². The zero-order chi connectivity index (χ0) is 16.0. The quantitative estimate of drug-likeness (QED) is 0.295. The molecule has 0 spiro atoms. The molecule has 0 aromatic carbocycles. The molecule has 7 nitrogen and oxygen atoms in total. The minimum Gasteiger partial charge on any atom is -0.460 e. The summed E-state index contributed by atoms with van der Waals surface area (Å²) in [6.45, 7) is 1.51. The number of nitrogens with two attached hydrogens (primary N) is 1. The van der Waals surface area contributed by atoms with Gasteiger partial charge in [0.1, 0.15) is 0 Å². The van der Waals surface area contributed by atoms with Gasteiger partial charge in [0.15, 0.2) is 0 Å². The van der Waals surface area contributed by atoms with E-state index in [0.717, 1.165) is 6.20 Å². The molecule has 21 heavy (non-hydrogen) atoms. The molecule has 0 bridgehead atoms. The Hall–Kier alpha value is -2.65. The molecule has 0 saturated heterocycles. The van der Waals surface area contributed by atoms with Crippen molar-refractivity contribution in [3.05, 3.63) is 29.6 Å². The van der Waals surface area contributed by atoms with E-state index < -0.39 is 35.1 Å². The smallest absolute Gasteiger partial charge is 0.417 e. The van der Waals surface area contributed by atoms with Crippen LogP contribution in [0, 0.1) is 0 Å². The maximum Gasteiger partial charge on any atom is 0.417 e. The van der Waals surface area contributed by atoms with Crippen LogP contribution in [0.4, 0.5) is 13.2 Å². The van der Waals surface area contributed by atoms with Crippen molar-refractivity contribution in [3.63, 3.8) is 0 Å². The molecule has 0 aliphatic carbocycles. The molecule has 10 heteroatoms.